The van der Waals surface area contributed by atoms with Gasteiger partial charge in [0.25, 0.3) is 23.6 Å². The molecule has 0 fully saturated rings. The molecule has 12 heteroatoms. The summed E-state index contributed by atoms with van der Waals surface area (Å²) in [7, 11) is 0. The first-order valence-corrected chi connectivity index (χ1v) is 26.4. The first-order chi connectivity index (χ1) is 29.3. The van der Waals surface area contributed by atoms with E-state index in [4.69, 9.17) is 0 Å². The highest BCUT2D eigenvalue weighted by atomic mass is 32.1. The molecule has 8 nitrogen and oxygen atoms in total. The third-order valence-corrected chi connectivity index (χ3v) is 18.0. The number of carbonyl (C=O) groups excluding carboxylic acids is 4. The monoisotopic (exact) mass is 886 g/mol. The molecule has 4 aliphatic rings. The van der Waals surface area contributed by atoms with Gasteiger partial charge in [0.15, 0.2) is 0 Å². The van der Waals surface area contributed by atoms with Crippen LogP contribution in [0.25, 0.3) is 29.3 Å². The Morgan fingerprint density at radius 3 is 1.30 bits per heavy atom. The molecule has 4 amide bonds. The van der Waals surface area contributed by atoms with Crippen LogP contribution in [0.2, 0.25) is 0 Å². The Balaban J connectivity index is 1.20. The average molecular weight is 887 g/mol. The van der Waals surface area contributed by atoms with Gasteiger partial charge < -0.3 is 19.6 Å². The van der Waals surface area contributed by atoms with E-state index in [-0.39, 0.29) is 23.6 Å². The van der Waals surface area contributed by atoms with Crippen molar-refractivity contribution in [2.75, 3.05) is 26.2 Å². The molecule has 0 aromatic carbocycles. The van der Waals surface area contributed by atoms with Crippen LogP contribution in [-0.2, 0) is 26.2 Å². The number of hydrogen-bond acceptors (Lipinski definition) is 8. The van der Waals surface area contributed by atoms with Gasteiger partial charge in [-0.15, -0.1) is 45.3 Å². The normalized spacial score (nSPS) is 15.7. The number of nitrogens with zero attached hydrogens (tertiary/aromatic N) is 4. The van der Waals surface area contributed by atoms with E-state index >= 15 is 0 Å². The molecule has 0 unspecified atom stereocenters. The molecule has 0 atom stereocenters. The summed E-state index contributed by atoms with van der Waals surface area (Å²) in [4.78, 5) is 71.2. The molecule has 4 aliphatic heterocycles. The second-order valence-electron chi connectivity index (χ2n) is 17.3. The molecule has 0 spiro atoms. The molecule has 322 valence electrons. The second kappa shape index (κ2) is 19.4. The van der Waals surface area contributed by atoms with Gasteiger partial charge in [0.05, 0.1) is 51.5 Å². The predicted molar refractivity (Wildman–Crippen MR) is 250 cm³/mol. The van der Waals surface area contributed by atoms with E-state index in [0.29, 0.717) is 39.3 Å². The van der Waals surface area contributed by atoms with Crippen LogP contribution in [0.5, 0.6) is 0 Å². The van der Waals surface area contributed by atoms with Crippen LogP contribution in [-0.4, -0.2) is 69.4 Å². The van der Waals surface area contributed by atoms with E-state index < -0.39 is 0 Å². The third-order valence-electron chi connectivity index (χ3n) is 12.9. The molecule has 0 bridgehead atoms. The van der Waals surface area contributed by atoms with Crippen LogP contribution >= 0.6 is 45.3 Å². The van der Waals surface area contributed by atoms with Crippen molar-refractivity contribution in [1.82, 2.24) is 19.6 Å². The zero-order valence-corrected chi connectivity index (χ0v) is 39.4. The Labute approximate surface area is 373 Å². The molecule has 4 aromatic heterocycles. The van der Waals surface area contributed by atoms with Gasteiger partial charge in [-0.3, -0.25) is 19.2 Å². The van der Waals surface area contributed by atoms with Crippen LogP contribution in [0.4, 0.5) is 0 Å². The van der Waals surface area contributed by atoms with Gasteiger partial charge in [-0.25, -0.2) is 0 Å². The largest absolute Gasteiger partial charge is 0.334 e. The number of rotatable bonds is 23. The fourth-order valence-electron chi connectivity index (χ4n) is 9.54. The summed E-state index contributed by atoms with van der Waals surface area (Å²) < 4.78 is 0. The summed E-state index contributed by atoms with van der Waals surface area (Å²) in [5.41, 5.74) is 7.34. The molecule has 0 saturated heterocycles. The summed E-state index contributed by atoms with van der Waals surface area (Å²) in [5.74, 6) is 0.359. The third kappa shape index (κ3) is 8.19. The Bertz CT molecular complexity index is 2230. The van der Waals surface area contributed by atoms with Crippen molar-refractivity contribution in [3.05, 3.63) is 55.3 Å². The highest BCUT2D eigenvalue weighted by molar-refractivity contribution is 7.29. The molecular formula is C48H62N4O4S4. The lowest BCUT2D eigenvalue weighted by molar-refractivity contribution is 0.0768. The smallest absolute Gasteiger partial charge is 0.256 e. The van der Waals surface area contributed by atoms with E-state index in [1.165, 1.54) is 12.8 Å². The standard InChI is InChI=1S/C48H62N4O4S4/c1-5-9-13-17-21-49-25-31-29-57-42(36(31)46(49)54)40-33-27-51(23-19-15-11-7-3)48(56)38(33)44(59-40)41-34-28-52(24-20-16-12-8-4)47(55)37(34)43(60-41)39-32-26-50(22-18-14-10-6-2)45(53)35(32)30-58-39/h29-30H,5-28H2,1-4H3. The quantitative estimate of drug-likeness (QED) is 0.0695. The Kier molecular flexibility index (Phi) is 14.0. The van der Waals surface area contributed by atoms with Gasteiger partial charge in [0.2, 0.25) is 0 Å². The Morgan fingerprint density at radius 1 is 0.400 bits per heavy atom. The van der Waals surface area contributed by atoms with Gasteiger partial charge >= 0.3 is 0 Å². The zero-order chi connectivity index (χ0) is 41.9. The maximum atomic E-state index is 14.7. The van der Waals surface area contributed by atoms with Gasteiger partial charge in [0, 0.05) is 74.4 Å². The maximum Gasteiger partial charge on any atom is 0.256 e. The van der Waals surface area contributed by atoms with Crippen molar-refractivity contribution in [2.24, 2.45) is 0 Å². The van der Waals surface area contributed by atoms with Crippen molar-refractivity contribution >= 4 is 69.0 Å². The molecule has 4 aromatic rings. The molecule has 0 saturated carbocycles. The van der Waals surface area contributed by atoms with Crippen LogP contribution in [0.15, 0.2) is 10.8 Å². The Hall–Kier alpha value is -3.32. The van der Waals surface area contributed by atoms with Crippen molar-refractivity contribution in [2.45, 2.75) is 157 Å². The number of carbonyl (C=O) groups is 4. The van der Waals surface area contributed by atoms with Gasteiger partial charge in [-0.05, 0) is 36.6 Å². The average Bonchev–Trinajstić information content (AvgIpc) is 4.12. The number of thiophene rings is 4. The lowest BCUT2D eigenvalue weighted by atomic mass is 10.0. The summed E-state index contributed by atoms with van der Waals surface area (Å²) in [6, 6.07) is 0. The number of amides is 4. The first kappa shape index (κ1) is 43.3. The van der Waals surface area contributed by atoms with Crippen molar-refractivity contribution in [3.8, 4) is 29.3 Å². The number of unbranched alkanes of at least 4 members (excludes halogenated alkanes) is 12. The van der Waals surface area contributed by atoms with Crippen LogP contribution in [0.3, 0.4) is 0 Å². The molecule has 0 N–H and O–H groups in total. The van der Waals surface area contributed by atoms with Crippen molar-refractivity contribution in [1.29, 1.82) is 0 Å². The fourth-order valence-corrected chi connectivity index (χ4v) is 14.8. The molecule has 8 heterocycles. The lowest BCUT2D eigenvalue weighted by Gasteiger charge is -2.18. The highest BCUT2D eigenvalue weighted by Crippen LogP contribution is 2.56. The van der Waals surface area contributed by atoms with E-state index in [0.717, 1.165) is 177 Å². The van der Waals surface area contributed by atoms with E-state index in [2.05, 4.69) is 33.1 Å². The van der Waals surface area contributed by atoms with Crippen molar-refractivity contribution in [3.63, 3.8) is 0 Å². The maximum absolute atomic E-state index is 14.7. The first-order valence-electron chi connectivity index (χ1n) is 23.0. The molecule has 60 heavy (non-hydrogen) atoms. The van der Waals surface area contributed by atoms with Crippen molar-refractivity contribution < 1.29 is 19.2 Å². The predicted octanol–water partition coefficient (Wildman–Crippen LogP) is 13.1. The minimum Gasteiger partial charge on any atom is -0.334 e. The summed E-state index contributed by atoms with van der Waals surface area (Å²) in [6.07, 6.45) is 17.6. The van der Waals surface area contributed by atoms with Crippen LogP contribution in [0, 0.1) is 0 Å². The van der Waals surface area contributed by atoms with Gasteiger partial charge in [0.1, 0.15) is 0 Å². The van der Waals surface area contributed by atoms with Crippen LogP contribution < -0.4 is 0 Å². The molecule has 8 rings (SSSR count). The highest BCUT2D eigenvalue weighted by Gasteiger charge is 2.43. The molecular weight excluding hydrogens is 825 g/mol. The van der Waals surface area contributed by atoms with Crippen LogP contribution in [0.1, 0.15) is 194 Å². The van der Waals surface area contributed by atoms with E-state index in [1.807, 2.05) is 25.0 Å². The zero-order valence-electron chi connectivity index (χ0n) is 36.2. The fraction of sp³-hybridized carbons (Fsp3) is 0.583. The SMILES string of the molecule is CCCCCCN1Cc2c(csc2-c2sc(-c3sc(-c4scc5c4C(=O)N(CCCCCC)C5)c4c3C(=O)N(CCCCCC)C4)c3c2C(=O)N(CCCCCC)C3)C1=O. The molecule has 0 aliphatic carbocycles. The van der Waals surface area contributed by atoms with E-state index in [9.17, 15) is 19.2 Å². The minimum atomic E-state index is 0.0693. The van der Waals surface area contributed by atoms with Gasteiger partial charge in [-0.1, -0.05) is 105 Å². The number of hydrogen-bond donors (Lipinski definition) is 0. The second-order valence-corrected chi connectivity index (χ2v) is 21.1. The topological polar surface area (TPSA) is 81.2 Å². The Morgan fingerprint density at radius 2 is 0.800 bits per heavy atom. The van der Waals surface area contributed by atoms with Gasteiger partial charge in [-0.2, -0.15) is 0 Å². The lowest BCUT2D eigenvalue weighted by Crippen LogP contribution is -2.25. The summed E-state index contributed by atoms with van der Waals surface area (Å²) >= 11 is 6.55. The summed E-state index contributed by atoms with van der Waals surface area (Å²) in [5, 5.41) is 4.18. The van der Waals surface area contributed by atoms with E-state index in [1.54, 1.807) is 45.3 Å². The minimum absolute atomic E-state index is 0.0693. The number of fused-ring (bicyclic) bond motifs is 4. The molecule has 0 radical (unpaired) electrons. The summed E-state index contributed by atoms with van der Waals surface area (Å²) in [6.45, 7) is 14.1.